The fraction of sp³-hybridized carbons (Fsp3) is 0.667. The molecule has 0 aliphatic carbocycles. The summed E-state index contributed by atoms with van der Waals surface area (Å²) in [5.41, 5.74) is 6.84. The molecule has 0 aromatic carbocycles. The second-order valence-electron chi connectivity index (χ2n) is 4.18. The molecule has 0 bridgehead atoms. The molecule has 1 aromatic heterocycles. The third-order valence-corrected chi connectivity index (χ3v) is 4.35. The van der Waals surface area contributed by atoms with Crippen LogP contribution in [0.4, 0.5) is 0 Å². The number of hydrogen-bond acceptors (Lipinski definition) is 5. The van der Waals surface area contributed by atoms with Gasteiger partial charge in [-0.05, 0) is 31.8 Å². The minimum absolute atomic E-state index is 0. The summed E-state index contributed by atoms with van der Waals surface area (Å²) in [6, 6.07) is -0.441. The van der Waals surface area contributed by atoms with Crippen molar-refractivity contribution in [3.05, 3.63) is 16.1 Å². The number of nitrogens with zero attached hydrogens (tertiary/aromatic N) is 1. The van der Waals surface area contributed by atoms with Gasteiger partial charge < -0.3 is 11.1 Å². The summed E-state index contributed by atoms with van der Waals surface area (Å²) in [5, 5.41) is 5.94. The van der Waals surface area contributed by atoms with Gasteiger partial charge in [0.05, 0.1) is 12.1 Å². The molecule has 0 aliphatic heterocycles. The van der Waals surface area contributed by atoms with E-state index in [4.69, 9.17) is 5.73 Å². The molecule has 118 valence electrons. The van der Waals surface area contributed by atoms with E-state index in [9.17, 15) is 4.79 Å². The molecule has 0 spiro atoms. The van der Waals surface area contributed by atoms with E-state index in [1.54, 1.807) is 23.1 Å². The Morgan fingerprint density at radius 2 is 2.20 bits per heavy atom. The topological polar surface area (TPSA) is 68.0 Å². The Bertz CT molecular complexity index is 391. The zero-order chi connectivity index (χ0) is 13.5. The highest BCUT2D eigenvalue weighted by molar-refractivity contribution is 7.98. The van der Waals surface area contributed by atoms with Crippen LogP contribution in [-0.2, 0) is 4.79 Å². The molecule has 0 saturated heterocycles. The van der Waals surface area contributed by atoms with Gasteiger partial charge in [0.15, 0.2) is 0 Å². The van der Waals surface area contributed by atoms with E-state index in [-0.39, 0.29) is 36.8 Å². The predicted molar refractivity (Wildman–Crippen MR) is 93.5 cm³/mol. The zero-order valence-electron chi connectivity index (χ0n) is 11.9. The predicted octanol–water partition coefficient (Wildman–Crippen LogP) is 2.94. The van der Waals surface area contributed by atoms with Gasteiger partial charge in [-0.15, -0.1) is 36.2 Å². The first-order valence-corrected chi connectivity index (χ1v) is 8.32. The van der Waals surface area contributed by atoms with Gasteiger partial charge in [0.1, 0.15) is 5.01 Å². The Hall–Kier alpha value is -0.0100. The van der Waals surface area contributed by atoms with Crippen molar-refractivity contribution in [2.75, 3.05) is 12.0 Å². The van der Waals surface area contributed by atoms with Gasteiger partial charge in [0, 0.05) is 11.1 Å². The van der Waals surface area contributed by atoms with Crippen molar-refractivity contribution in [1.29, 1.82) is 0 Å². The molecule has 1 heterocycles. The quantitative estimate of drug-likeness (QED) is 0.785. The van der Waals surface area contributed by atoms with Crippen LogP contribution in [0.25, 0.3) is 0 Å². The van der Waals surface area contributed by atoms with Gasteiger partial charge in [0.2, 0.25) is 5.91 Å². The van der Waals surface area contributed by atoms with Crippen molar-refractivity contribution in [3.8, 4) is 0 Å². The smallest absolute Gasteiger partial charge is 0.237 e. The molecule has 0 aliphatic rings. The number of carbonyl (C=O) groups excluding carboxylic acids is 1. The van der Waals surface area contributed by atoms with E-state index in [0.717, 1.165) is 22.9 Å². The minimum atomic E-state index is -0.424. The SMILES string of the molecule is CCC(NC(=O)[C@@H](N)CCSC)c1nc(C)cs1.Cl.Cl. The van der Waals surface area contributed by atoms with Gasteiger partial charge in [0.25, 0.3) is 0 Å². The molecule has 8 heteroatoms. The number of aromatic nitrogens is 1. The van der Waals surface area contributed by atoms with Crippen LogP contribution in [0.1, 0.15) is 36.5 Å². The van der Waals surface area contributed by atoms with Gasteiger partial charge >= 0.3 is 0 Å². The number of aryl methyl sites for hydroxylation is 1. The first-order valence-electron chi connectivity index (χ1n) is 6.05. The van der Waals surface area contributed by atoms with Gasteiger partial charge in [-0.1, -0.05) is 6.92 Å². The second kappa shape index (κ2) is 11.6. The molecule has 4 nitrogen and oxygen atoms in total. The van der Waals surface area contributed by atoms with Crippen molar-refractivity contribution in [3.63, 3.8) is 0 Å². The third kappa shape index (κ3) is 7.13. The van der Waals surface area contributed by atoms with Gasteiger partial charge in [-0.2, -0.15) is 11.8 Å². The largest absolute Gasteiger partial charge is 0.346 e. The normalized spacial score (nSPS) is 12.8. The van der Waals surface area contributed by atoms with Crippen LogP contribution < -0.4 is 11.1 Å². The van der Waals surface area contributed by atoms with Gasteiger partial charge in [-0.25, -0.2) is 4.98 Å². The number of nitrogens with two attached hydrogens (primary N) is 1. The molecule has 1 amide bonds. The van der Waals surface area contributed by atoms with E-state index in [2.05, 4.69) is 10.3 Å². The standard InChI is InChI=1S/C12H21N3OS2.2ClH/c1-4-10(12-14-8(2)7-18-12)15-11(16)9(13)5-6-17-3;;/h7,9-10H,4-6,13H2,1-3H3,(H,15,16);2*1H/t9-,10?;;/m0../s1. The van der Waals surface area contributed by atoms with E-state index in [0.29, 0.717) is 6.42 Å². The van der Waals surface area contributed by atoms with E-state index >= 15 is 0 Å². The molecule has 1 aromatic rings. The summed E-state index contributed by atoms with van der Waals surface area (Å²) < 4.78 is 0. The highest BCUT2D eigenvalue weighted by atomic mass is 35.5. The number of nitrogens with one attached hydrogen (secondary N) is 1. The maximum atomic E-state index is 11.9. The van der Waals surface area contributed by atoms with Crippen LogP contribution in [0.3, 0.4) is 0 Å². The Morgan fingerprint density at radius 3 is 2.65 bits per heavy atom. The van der Waals surface area contributed by atoms with Crippen molar-refractivity contribution in [1.82, 2.24) is 10.3 Å². The first kappa shape index (κ1) is 22.3. The molecule has 3 N–H and O–H groups in total. The molecule has 20 heavy (non-hydrogen) atoms. The number of halogens is 2. The highest BCUT2D eigenvalue weighted by Crippen LogP contribution is 2.20. The second-order valence-corrected chi connectivity index (χ2v) is 6.06. The summed E-state index contributed by atoms with van der Waals surface area (Å²) in [4.78, 5) is 16.3. The van der Waals surface area contributed by atoms with Gasteiger partial charge in [-0.3, -0.25) is 4.79 Å². The molecule has 0 fully saturated rings. The van der Waals surface area contributed by atoms with Crippen LogP contribution in [0.15, 0.2) is 5.38 Å². The lowest BCUT2D eigenvalue weighted by Gasteiger charge is -2.17. The van der Waals surface area contributed by atoms with Crippen LogP contribution in [0.2, 0.25) is 0 Å². The molecule has 2 atom stereocenters. The number of hydrogen-bond donors (Lipinski definition) is 2. The van der Waals surface area contributed by atoms with Crippen LogP contribution >= 0.6 is 47.9 Å². The number of thiazole rings is 1. The van der Waals surface area contributed by atoms with E-state index in [1.807, 2.05) is 25.5 Å². The molecule has 0 radical (unpaired) electrons. The third-order valence-electron chi connectivity index (χ3n) is 2.63. The van der Waals surface area contributed by atoms with E-state index in [1.165, 1.54) is 0 Å². The maximum absolute atomic E-state index is 11.9. The Labute approximate surface area is 141 Å². The lowest BCUT2D eigenvalue weighted by Crippen LogP contribution is -2.42. The molecule has 1 unspecified atom stereocenters. The Kier molecular flexibility index (Phi) is 13.0. The maximum Gasteiger partial charge on any atom is 0.237 e. The van der Waals surface area contributed by atoms with Crippen molar-refractivity contribution >= 4 is 53.8 Å². The lowest BCUT2D eigenvalue weighted by atomic mass is 10.2. The summed E-state index contributed by atoms with van der Waals surface area (Å²) in [6.45, 7) is 3.99. The van der Waals surface area contributed by atoms with Crippen molar-refractivity contribution in [2.45, 2.75) is 38.8 Å². The molecule has 0 saturated carbocycles. The van der Waals surface area contributed by atoms with Crippen molar-refractivity contribution < 1.29 is 4.79 Å². The summed E-state index contributed by atoms with van der Waals surface area (Å²) in [6.07, 6.45) is 3.55. The molecular weight excluding hydrogens is 337 g/mol. The number of thioether (sulfide) groups is 1. The van der Waals surface area contributed by atoms with E-state index < -0.39 is 6.04 Å². The van der Waals surface area contributed by atoms with Crippen LogP contribution in [-0.4, -0.2) is 28.9 Å². The summed E-state index contributed by atoms with van der Waals surface area (Å²) in [7, 11) is 0. The Balaban J connectivity index is 0. The fourth-order valence-corrected chi connectivity index (χ4v) is 2.95. The lowest BCUT2D eigenvalue weighted by molar-refractivity contribution is -0.123. The van der Waals surface area contributed by atoms with Crippen LogP contribution in [0, 0.1) is 6.92 Å². The highest BCUT2D eigenvalue weighted by Gasteiger charge is 2.19. The van der Waals surface area contributed by atoms with Crippen molar-refractivity contribution in [2.24, 2.45) is 5.73 Å². The molecule has 1 rings (SSSR count). The average molecular weight is 360 g/mol. The molecular formula is C12H23Cl2N3OS2. The average Bonchev–Trinajstić information content (AvgIpc) is 2.79. The minimum Gasteiger partial charge on any atom is -0.346 e. The number of amides is 1. The fourth-order valence-electron chi connectivity index (χ4n) is 1.53. The summed E-state index contributed by atoms with van der Waals surface area (Å²) in [5.74, 6) is 0.825. The number of carbonyl (C=O) groups is 1. The first-order chi connectivity index (χ1) is 8.58. The zero-order valence-corrected chi connectivity index (χ0v) is 15.2. The monoisotopic (exact) mass is 359 g/mol. The Morgan fingerprint density at radius 1 is 1.55 bits per heavy atom. The van der Waals surface area contributed by atoms with Crippen LogP contribution in [0.5, 0.6) is 0 Å². The summed E-state index contributed by atoms with van der Waals surface area (Å²) >= 11 is 3.28. The number of rotatable bonds is 7.